The van der Waals surface area contributed by atoms with Crippen LogP contribution in [-0.2, 0) is 13.0 Å². The maximum atomic E-state index is 6.04. The van der Waals surface area contributed by atoms with E-state index in [1.165, 1.54) is 0 Å². The number of anilines is 1. The summed E-state index contributed by atoms with van der Waals surface area (Å²) in [7, 11) is 0. The first-order chi connectivity index (χ1) is 9.79. The minimum atomic E-state index is 0.751. The number of fused-ring (bicyclic) bond motifs is 1. The van der Waals surface area contributed by atoms with E-state index in [9.17, 15) is 0 Å². The highest BCUT2D eigenvalue weighted by atomic mass is 15.1. The van der Waals surface area contributed by atoms with Crippen molar-refractivity contribution in [1.29, 1.82) is 0 Å². The zero-order valence-electron chi connectivity index (χ0n) is 11.6. The summed E-state index contributed by atoms with van der Waals surface area (Å²) >= 11 is 0. The molecule has 2 N–H and O–H groups in total. The summed E-state index contributed by atoms with van der Waals surface area (Å²) in [6.07, 6.45) is 5.46. The summed E-state index contributed by atoms with van der Waals surface area (Å²) < 4.78 is 2.27. The number of aromatic nitrogens is 3. The van der Waals surface area contributed by atoms with E-state index in [0.717, 1.165) is 47.5 Å². The lowest BCUT2D eigenvalue weighted by atomic mass is 10.1. The van der Waals surface area contributed by atoms with Crippen LogP contribution in [0.3, 0.4) is 0 Å². The SMILES string of the molecule is CCCn1c(Cc2ccccc2N)nc2cnccc21. The largest absolute Gasteiger partial charge is 0.398 e. The number of hydrogen-bond donors (Lipinski definition) is 1. The van der Waals surface area contributed by atoms with Crippen molar-refractivity contribution in [2.24, 2.45) is 0 Å². The highest BCUT2D eigenvalue weighted by Gasteiger charge is 2.11. The molecule has 0 saturated carbocycles. The van der Waals surface area contributed by atoms with Gasteiger partial charge in [0.05, 0.1) is 11.7 Å². The van der Waals surface area contributed by atoms with Crippen molar-refractivity contribution >= 4 is 16.7 Å². The maximum absolute atomic E-state index is 6.04. The van der Waals surface area contributed by atoms with Crippen LogP contribution in [0.5, 0.6) is 0 Å². The molecule has 2 aromatic heterocycles. The molecule has 4 nitrogen and oxygen atoms in total. The van der Waals surface area contributed by atoms with Gasteiger partial charge in [0.15, 0.2) is 0 Å². The quantitative estimate of drug-likeness (QED) is 0.738. The Hall–Kier alpha value is -2.36. The second-order valence-corrected chi connectivity index (χ2v) is 4.92. The van der Waals surface area contributed by atoms with Gasteiger partial charge < -0.3 is 10.3 Å². The summed E-state index contributed by atoms with van der Waals surface area (Å²) in [5, 5.41) is 0. The fraction of sp³-hybridized carbons (Fsp3) is 0.250. The third-order valence-electron chi connectivity index (χ3n) is 3.48. The van der Waals surface area contributed by atoms with Gasteiger partial charge in [-0.2, -0.15) is 0 Å². The molecule has 0 aliphatic carbocycles. The third-order valence-corrected chi connectivity index (χ3v) is 3.48. The Morgan fingerprint density at radius 2 is 2.05 bits per heavy atom. The minimum Gasteiger partial charge on any atom is -0.398 e. The van der Waals surface area contributed by atoms with Gasteiger partial charge in [0.25, 0.3) is 0 Å². The molecule has 3 rings (SSSR count). The second-order valence-electron chi connectivity index (χ2n) is 4.92. The maximum Gasteiger partial charge on any atom is 0.114 e. The molecule has 0 bridgehead atoms. The van der Waals surface area contributed by atoms with E-state index in [2.05, 4.69) is 22.5 Å². The van der Waals surface area contributed by atoms with E-state index in [1.54, 1.807) is 0 Å². The van der Waals surface area contributed by atoms with Crippen molar-refractivity contribution in [1.82, 2.24) is 14.5 Å². The van der Waals surface area contributed by atoms with Gasteiger partial charge >= 0.3 is 0 Å². The van der Waals surface area contributed by atoms with E-state index in [-0.39, 0.29) is 0 Å². The van der Waals surface area contributed by atoms with Crippen molar-refractivity contribution in [3.8, 4) is 0 Å². The van der Waals surface area contributed by atoms with Crippen LogP contribution < -0.4 is 5.73 Å². The zero-order chi connectivity index (χ0) is 13.9. The molecule has 4 heteroatoms. The normalized spacial score (nSPS) is 11.1. The minimum absolute atomic E-state index is 0.751. The molecular formula is C16H18N4. The molecule has 3 aromatic rings. The highest BCUT2D eigenvalue weighted by Crippen LogP contribution is 2.20. The monoisotopic (exact) mass is 266 g/mol. The summed E-state index contributed by atoms with van der Waals surface area (Å²) in [6.45, 7) is 3.14. The van der Waals surface area contributed by atoms with Crippen LogP contribution in [0.2, 0.25) is 0 Å². The van der Waals surface area contributed by atoms with Crippen LogP contribution in [0.4, 0.5) is 5.69 Å². The zero-order valence-corrected chi connectivity index (χ0v) is 11.6. The van der Waals surface area contributed by atoms with Gasteiger partial charge in [-0.15, -0.1) is 0 Å². The van der Waals surface area contributed by atoms with Crippen molar-refractivity contribution in [3.05, 3.63) is 54.1 Å². The highest BCUT2D eigenvalue weighted by molar-refractivity contribution is 5.74. The molecule has 0 aliphatic heterocycles. The van der Waals surface area contributed by atoms with Gasteiger partial charge in [-0.05, 0) is 24.1 Å². The van der Waals surface area contributed by atoms with Crippen LogP contribution in [0.15, 0.2) is 42.7 Å². The predicted molar refractivity (Wildman–Crippen MR) is 81.5 cm³/mol. The number of imidazole rings is 1. The van der Waals surface area contributed by atoms with E-state index in [4.69, 9.17) is 10.7 Å². The Balaban J connectivity index is 2.06. The van der Waals surface area contributed by atoms with Crippen molar-refractivity contribution < 1.29 is 0 Å². The molecule has 0 aliphatic rings. The number of nitrogen functional groups attached to an aromatic ring is 1. The van der Waals surface area contributed by atoms with Crippen LogP contribution in [0, 0.1) is 0 Å². The average Bonchev–Trinajstić information content (AvgIpc) is 2.80. The van der Waals surface area contributed by atoms with Gasteiger partial charge in [0, 0.05) is 24.8 Å². The lowest BCUT2D eigenvalue weighted by molar-refractivity contribution is 0.664. The molecule has 102 valence electrons. The summed E-state index contributed by atoms with van der Waals surface area (Å²) in [4.78, 5) is 8.86. The van der Waals surface area contributed by atoms with Gasteiger partial charge in [0.2, 0.25) is 0 Å². The van der Waals surface area contributed by atoms with Crippen LogP contribution in [0.1, 0.15) is 24.7 Å². The topological polar surface area (TPSA) is 56.7 Å². The Labute approximate surface area is 118 Å². The standard InChI is InChI=1S/C16H18N4/c1-2-9-20-15-7-8-18-11-14(15)19-16(20)10-12-5-3-4-6-13(12)17/h3-8,11H,2,9-10,17H2,1H3. The summed E-state index contributed by atoms with van der Waals surface area (Å²) in [5.74, 6) is 1.05. The molecule has 0 spiro atoms. The number of hydrogen-bond acceptors (Lipinski definition) is 3. The Bertz CT molecular complexity index is 730. The molecule has 1 aromatic carbocycles. The van der Waals surface area contributed by atoms with Gasteiger partial charge in [-0.25, -0.2) is 4.98 Å². The fourth-order valence-electron chi connectivity index (χ4n) is 2.51. The molecule has 0 unspecified atom stereocenters. The fourth-order valence-corrected chi connectivity index (χ4v) is 2.51. The van der Waals surface area contributed by atoms with E-state index < -0.39 is 0 Å². The number of para-hydroxylation sites is 1. The van der Waals surface area contributed by atoms with Gasteiger partial charge in [-0.1, -0.05) is 25.1 Å². The number of pyridine rings is 1. The first-order valence-electron chi connectivity index (χ1n) is 6.92. The smallest absolute Gasteiger partial charge is 0.114 e. The van der Waals surface area contributed by atoms with Crippen molar-refractivity contribution in [2.45, 2.75) is 26.3 Å². The summed E-state index contributed by atoms with van der Waals surface area (Å²) in [5.41, 5.74) is 10.1. The number of rotatable bonds is 4. The average molecular weight is 266 g/mol. The van der Waals surface area contributed by atoms with E-state index in [1.807, 2.05) is 36.7 Å². The number of aryl methyl sites for hydroxylation is 1. The van der Waals surface area contributed by atoms with E-state index >= 15 is 0 Å². The number of nitrogens with zero attached hydrogens (tertiary/aromatic N) is 3. The lowest BCUT2D eigenvalue weighted by Crippen LogP contribution is -2.05. The molecule has 2 heterocycles. The Morgan fingerprint density at radius 3 is 2.85 bits per heavy atom. The first-order valence-corrected chi connectivity index (χ1v) is 6.92. The Morgan fingerprint density at radius 1 is 1.20 bits per heavy atom. The Kier molecular flexibility index (Phi) is 3.37. The molecule has 0 radical (unpaired) electrons. The van der Waals surface area contributed by atoms with Gasteiger partial charge in [-0.3, -0.25) is 4.98 Å². The van der Waals surface area contributed by atoms with E-state index in [0.29, 0.717) is 0 Å². The number of nitrogens with two attached hydrogens (primary N) is 1. The summed E-state index contributed by atoms with van der Waals surface area (Å²) in [6, 6.07) is 9.99. The molecule has 0 saturated heterocycles. The van der Waals surface area contributed by atoms with Crippen molar-refractivity contribution in [3.63, 3.8) is 0 Å². The molecular weight excluding hydrogens is 248 g/mol. The lowest BCUT2D eigenvalue weighted by Gasteiger charge is -2.09. The molecule has 0 amide bonds. The molecule has 0 fully saturated rings. The first kappa shape index (κ1) is 12.7. The predicted octanol–water partition coefficient (Wildman–Crippen LogP) is 3.01. The van der Waals surface area contributed by atoms with Gasteiger partial charge in [0.1, 0.15) is 11.3 Å². The molecule has 0 atom stereocenters. The van der Waals surface area contributed by atoms with Crippen LogP contribution >= 0.6 is 0 Å². The van der Waals surface area contributed by atoms with Crippen LogP contribution in [-0.4, -0.2) is 14.5 Å². The second kappa shape index (κ2) is 5.33. The molecule has 20 heavy (non-hydrogen) atoms. The third kappa shape index (κ3) is 2.25. The van der Waals surface area contributed by atoms with Crippen molar-refractivity contribution in [2.75, 3.05) is 5.73 Å². The number of benzene rings is 1. The van der Waals surface area contributed by atoms with Crippen LogP contribution in [0.25, 0.3) is 11.0 Å².